The smallest absolute Gasteiger partial charge is 0.261 e. The molecule has 0 N–H and O–H groups in total. The van der Waals surface area contributed by atoms with Crippen LogP contribution in [0, 0.1) is 0 Å². The third-order valence-corrected chi connectivity index (χ3v) is 6.36. The quantitative estimate of drug-likeness (QED) is 0.153. The Hall–Kier alpha value is -3.57. The second kappa shape index (κ2) is 12.4. The molecular weight excluding hydrogens is 472 g/mol. The normalized spacial score (nSPS) is 10.9. The lowest BCUT2D eigenvalue weighted by atomic mass is 10.1. The van der Waals surface area contributed by atoms with Gasteiger partial charge in [-0.2, -0.15) is 0 Å². The molecule has 1 aromatic heterocycles. The second-order valence-corrected chi connectivity index (χ2v) is 9.09. The van der Waals surface area contributed by atoms with Gasteiger partial charge in [-0.15, -0.1) is 6.58 Å². The van der Waals surface area contributed by atoms with Crippen molar-refractivity contribution in [3.63, 3.8) is 0 Å². The highest BCUT2D eigenvalue weighted by Crippen LogP contribution is 2.28. The average Bonchev–Trinajstić information content (AvgIpc) is 2.90. The standard InChI is InChI=1S/C30H31ClN2O3/c1-3-10-22-13-18-27(28(21-22)35-2)36-20-9-5-4-8-19-33-29(23-14-16-24(31)17-15-23)32-26-12-7-6-11-25(26)30(33)34/h3,6-7,11-18,21H,1,4-5,8-10,19-20H2,2H3. The second-order valence-electron chi connectivity index (χ2n) is 8.66. The molecule has 0 aliphatic carbocycles. The molecule has 6 heteroatoms. The molecule has 186 valence electrons. The molecule has 0 spiro atoms. The molecule has 0 unspecified atom stereocenters. The maximum atomic E-state index is 13.3. The molecule has 36 heavy (non-hydrogen) atoms. The van der Waals surface area contributed by atoms with E-state index in [0.29, 0.717) is 34.9 Å². The van der Waals surface area contributed by atoms with Crippen molar-refractivity contribution in [3.8, 4) is 22.9 Å². The lowest BCUT2D eigenvalue weighted by molar-refractivity contribution is 0.284. The summed E-state index contributed by atoms with van der Waals surface area (Å²) in [5.41, 5.74) is 2.71. The zero-order chi connectivity index (χ0) is 25.3. The highest BCUT2D eigenvalue weighted by Gasteiger charge is 2.13. The van der Waals surface area contributed by atoms with Crippen molar-refractivity contribution < 1.29 is 9.47 Å². The van der Waals surface area contributed by atoms with Crippen molar-refractivity contribution in [1.29, 1.82) is 0 Å². The Morgan fingerprint density at radius 3 is 2.53 bits per heavy atom. The summed E-state index contributed by atoms with van der Waals surface area (Å²) in [4.78, 5) is 18.1. The lowest BCUT2D eigenvalue weighted by Gasteiger charge is -2.14. The summed E-state index contributed by atoms with van der Waals surface area (Å²) in [5, 5.41) is 1.29. The minimum Gasteiger partial charge on any atom is -0.493 e. The number of aromatic nitrogens is 2. The summed E-state index contributed by atoms with van der Waals surface area (Å²) in [5.74, 6) is 2.17. The van der Waals surface area contributed by atoms with Crippen LogP contribution in [-0.2, 0) is 13.0 Å². The number of unbranched alkanes of at least 4 members (excludes halogenated alkanes) is 3. The van der Waals surface area contributed by atoms with Gasteiger partial charge in [0.25, 0.3) is 5.56 Å². The number of fused-ring (bicyclic) bond motifs is 1. The predicted octanol–water partition coefficient (Wildman–Crippen LogP) is 7.09. The molecular formula is C30H31ClN2O3. The van der Waals surface area contributed by atoms with Gasteiger partial charge in [-0.05, 0) is 73.4 Å². The van der Waals surface area contributed by atoms with Gasteiger partial charge in [0.15, 0.2) is 11.5 Å². The molecule has 0 radical (unpaired) electrons. The topological polar surface area (TPSA) is 53.4 Å². The molecule has 0 saturated heterocycles. The Bertz CT molecular complexity index is 1380. The van der Waals surface area contributed by atoms with Crippen LogP contribution in [0.15, 0.2) is 84.2 Å². The van der Waals surface area contributed by atoms with Crippen LogP contribution in [-0.4, -0.2) is 23.3 Å². The fraction of sp³-hybridized carbons (Fsp3) is 0.267. The van der Waals surface area contributed by atoms with E-state index in [2.05, 4.69) is 6.58 Å². The Morgan fingerprint density at radius 1 is 0.972 bits per heavy atom. The van der Waals surface area contributed by atoms with Crippen molar-refractivity contribution in [3.05, 3.63) is 100 Å². The Morgan fingerprint density at radius 2 is 1.75 bits per heavy atom. The summed E-state index contributed by atoms with van der Waals surface area (Å²) in [6, 6.07) is 20.9. The molecule has 1 heterocycles. The summed E-state index contributed by atoms with van der Waals surface area (Å²) < 4.78 is 13.2. The van der Waals surface area contributed by atoms with Gasteiger partial charge in [-0.25, -0.2) is 4.98 Å². The van der Waals surface area contributed by atoms with E-state index >= 15 is 0 Å². The largest absolute Gasteiger partial charge is 0.493 e. The minimum atomic E-state index is -0.0131. The van der Waals surface area contributed by atoms with Crippen LogP contribution in [0.2, 0.25) is 5.02 Å². The van der Waals surface area contributed by atoms with Crippen LogP contribution in [0.4, 0.5) is 0 Å². The van der Waals surface area contributed by atoms with Crippen LogP contribution in [0.3, 0.4) is 0 Å². The van der Waals surface area contributed by atoms with Crippen molar-refractivity contribution in [2.75, 3.05) is 13.7 Å². The summed E-state index contributed by atoms with van der Waals surface area (Å²) in [7, 11) is 1.65. The maximum Gasteiger partial charge on any atom is 0.261 e. The first kappa shape index (κ1) is 25.5. The van der Waals surface area contributed by atoms with Gasteiger partial charge in [0, 0.05) is 17.1 Å². The summed E-state index contributed by atoms with van der Waals surface area (Å²) >= 11 is 6.08. The lowest BCUT2D eigenvalue weighted by Crippen LogP contribution is -2.23. The molecule has 0 aliphatic rings. The van der Waals surface area contributed by atoms with E-state index in [1.165, 1.54) is 0 Å². The molecule has 0 saturated carbocycles. The number of allylic oxidation sites excluding steroid dienone is 1. The molecule has 3 aromatic carbocycles. The molecule has 0 bridgehead atoms. The number of rotatable bonds is 12. The molecule has 0 amide bonds. The van der Waals surface area contributed by atoms with Crippen LogP contribution in [0.25, 0.3) is 22.3 Å². The van der Waals surface area contributed by atoms with Gasteiger partial charge >= 0.3 is 0 Å². The van der Waals surface area contributed by atoms with E-state index in [-0.39, 0.29) is 5.56 Å². The van der Waals surface area contributed by atoms with E-state index in [0.717, 1.165) is 54.7 Å². The number of ether oxygens (including phenoxy) is 2. The van der Waals surface area contributed by atoms with E-state index in [9.17, 15) is 4.79 Å². The zero-order valence-electron chi connectivity index (χ0n) is 20.6. The van der Waals surface area contributed by atoms with E-state index < -0.39 is 0 Å². The number of hydrogen-bond donors (Lipinski definition) is 0. The molecule has 0 fully saturated rings. The highest BCUT2D eigenvalue weighted by atomic mass is 35.5. The Labute approximate surface area is 217 Å². The number of methoxy groups -OCH3 is 1. The van der Waals surface area contributed by atoms with Crippen LogP contribution >= 0.6 is 11.6 Å². The summed E-state index contributed by atoms with van der Waals surface area (Å²) in [6.45, 7) is 5.00. The average molecular weight is 503 g/mol. The van der Waals surface area contributed by atoms with Crippen LogP contribution in [0.1, 0.15) is 31.2 Å². The third kappa shape index (κ3) is 6.16. The monoisotopic (exact) mass is 502 g/mol. The molecule has 4 aromatic rings. The van der Waals surface area contributed by atoms with Crippen LogP contribution < -0.4 is 15.0 Å². The van der Waals surface area contributed by atoms with Gasteiger partial charge < -0.3 is 9.47 Å². The summed E-state index contributed by atoms with van der Waals surface area (Å²) in [6.07, 6.45) is 6.45. The number of halogens is 1. The number of benzene rings is 3. The third-order valence-electron chi connectivity index (χ3n) is 6.11. The number of hydrogen-bond acceptors (Lipinski definition) is 4. The van der Waals surface area contributed by atoms with Gasteiger partial charge in [-0.1, -0.05) is 48.7 Å². The molecule has 5 nitrogen and oxygen atoms in total. The van der Waals surface area contributed by atoms with Gasteiger partial charge in [-0.3, -0.25) is 9.36 Å². The Balaban J connectivity index is 1.36. The SMILES string of the molecule is C=CCc1ccc(OCCCCCCn2c(-c3ccc(Cl)cc3)nc3ccccc3c2=O)c(OC)c1. The minimum absolute atomic E-state index is 0.0131. The van der Waals surface area contributed by atoms with Crippen molar-refractivity contribution in [1.82, 2.24) is 9.55 Å². The number of nitrogens with zero attached hydrogens (tertiary/aromatic N) is 2. The highest BCUT2D eigenvalue weighted by molar-refractivity contribution is 6.30. The zero-order valence-corrected chi connectivity index (χ0v) is 21.3. The van der Waals surface area contributed by atoms with Crippen molar-refractivity contribution in [2.45, 2.75) is 38.6 Å². The van der Waals surface area contributed by atoms with Gasteiger partial charge in [0.05, 0.1) is 24.6 Å². The van der Waals surface area contributed by atoms with E-state index in [1.807, 2.05) is 72.8 Å². The maximum absolute atomic E-state index is 13.3. The first-order chi connectivity index (χ1) is 17.6. The Kier molecular flexibility index (Phi) is 8.80. The van der Waals surface area contributed by atoms with Gasteiger partial charge in [0.1, 0.15) is 5.82 Å². The molecule has 0 atom stereocenters. The first-order valence-corrected chi connectivity index (χ1v) is 12.6. The molecule has 0 aliphatic heterocycles. The predicted molar refractivity (Wildman–Crippen MR) is 147 cm³/mol. The van der Waals surface area contributed by atoms with Crippen LogP contribution in [0.5, 0.6) is 11.5 Å². The van der Waals surface area contributed by atoms with Crippen molar-refractivity contribution >= 4 is 22.5 Å². The number of para-hydroxylation sites is 1. The fourth-order valence-electron chi connectivity index (χ4n) is 4.23. The van der Waals surface area contributed by atoms with E-state index in [1.54, 1.807) is 11.7 Å². The van der Waals surface area contributed by atoms with Crippen molar-refractivity contribution in [2.24, 2.45) is 0 Å². The fourth-order valence-corrected chi connectivity index (χ4v) is 4.35. The van der Waals surface area contributed by atoms with Gasteiger partial charge in [0.2, 0.25) is 0 Å². The first-order valence-electron chi connectivity index (χ1n) is 12.3. The molecule has 4 rings (SSSR count). The van der Waals surface area contributed by atoms with E-state index in [4.69, 9.17) is 26.1 Å².